The zero-order valence-electron chi connectivity index (χ0n) is 10.8. The Labute approximate surface area is 95.0 Å². The molecule has 3 heteroatoms. The van der Waals surface area contributed by atoms with Gasteiger partial charge in [0.25, 0.3) is 0 Å². The van der Waals surface area contributed by atoms with Crippen LogP contribution in [0.1, 0.15) is 40.0 Å². The minimum Gasteiger partial charge on any atom is -0.383 e. The van der Waals surface area contributed by atoms with Crippen LogP contribution >= 0.6 is 0 Å². The van der Waals surface area contributed by atoms with Crippen molar-refractivity contribution < 1.29 is 4.74 Å². The fourth-order valence-electron chi connectivity index (χ4n) is 1.82. The van der Waals surface area contributed by atoms with Crippen LogP contribution in [0.25, 0.3) is 0 Å². The maximum atomic E-state index is 5.72. The van der Waals surface area contributed by atoms with Crippen molar-refractivity contribution in [3.63, 3.8) is 0 Å². The van der Waals surface area contributed by atoms with E-state index in [1.165, 1.54) is 12.8 Å². The van der Waals surface area contributed by atoms with E-state index in [0.717, 1.165) is 26.1 Å². The second-order valence-electron chi connectivity index (χ2n) is 4.41. The largest absolute Gasteiger partial charge is 0.383 e. The number of rotatable bonds is 9. The molecule has 0 aliphatic carbocycles. The first-order chi connectivity index (χ1) is 7.11. The van der Waals surface area contributed by atoms with E-state index < -0.39 is 0 Å². The lowest BCUT2D eigenvalue weighted by molar-refractivity contribution is 0.101. The van der Waals surface area contributed by atoms with E-state index in [2.05, 4.69) is 25.7 Å². The molecule has 2 N–H and O–H groups in total. The quantitative estimate of drug-likeness (QED) is 0.598. The van der Waals surface area contributed by atoms with Crippen LogP contribution in [0.4, 0.5) is 0 Å². The van der Waals surface area contributed by atoms with E-state index in [9.17, 15) is 0 Å². The van der Waals surface area contributed by atoms with E-state index in [0.29, 0.717) is 12.1 Å². The molecule has 0 aromatic heterocycles. The van der Waals surface area contributed by atoms with Crippen molar-refractivity contribution in [2.24, 2.45) is 5.73 Å². The van der Waals surface area contributed by atoms with E-state index in [4.69, 9.17) is 10.5 Å². The molecule has 0 aliphatic heterocycles. The van der Waals surface area contributed by atoms with E-state index in [1.807, 2.05) is 0 Å². The summed E-state index contributed by atoms with van der Waals surface area (Å²) in [6.07, 6.45) is 3.60. The summed E-state index contributed by atoms with van der Waals surface area (Å²) in [5, 5.41) is 0. The third-order valence-electron chi connectivity index (χ3n) is 2.79. The van der Waals surface area contributed by atoms with Crippen LogP contribution in [-0.2, 0) is 4.74 Å². The molecule has 0 fully saturated rings. The number of nitrogens with zero attached hydrogens (tertiary/aromatic N) is 1. The molecule has 0 heterocycles. The van der Waals surface area contributed by atoms with Gasteiger partial charge in [0.05, 0.1) is 6.61 Å². The highest BCUT2D eigenvalue weighted by molar-refractivity contribution is 4.65. The van der Waals surface area contributed by atoms with E-state index in [1.54, 1.807) is 7.11 Å². The summed E-state index contributed by atoms with van der Waals surface area (Å²) >= 11 is 0. The molecule has 0 bridgehead atoms. The molecule has 92 valence electrons. The molecule has 0 saturated carbocycles. The van der Waals surface area contributed by atoms with Gasteiger partial charge in [-0.05, 0) is 39.8 Å². The Morgan fingerprint density at radius 3 is 2.40 bits per heavy atom. The van der Waals surface area contributed by atoms with Gasteiger partial charge < -0.3 is 10.5 Å². The third-order valence-corrected chi connectivity index (χ3v) is 2.79. The monoisotopic (exact) mass is 216 g/mol. The Bertz CT molecular complexity index is 140. The summed E-state index contributed by atoms with van der Waals surface area (Å²) < 4.78 is 5.17. The van der Waals surface area contributed by atoms with Crippen molar-refractivity contribution in [3.8, 4) is 0 Å². The van der Waals surface area contributed by atoms with Gasteiger partial charge in [-0.2, -0.15) is 0 Å². The van der Waals surface area contributed by atoms with Crippen molar-refractivity contribution in [3.05, 3.63) is 0 Å². The Kier molecular flexibility index (Phi) is 9.06. The van der Waals surface area contributed by atoms with Gasteiger partial charge in [0, 0.05) is 19.2 Å². The topological polar surface area (TPSA) is 38.5 Å². The lowest BCUT2D eigenvalue weighted by Crippen LogP contribution is -2.36. The van der Waals surface area contributed by atoms with Crippen LogP contribution < -0.4 is 5.73 Å². The summed E-state index contributed by atoms with van der Waals surface area (Å²) in [5.41, 5.74) is 5.72. The number of likely N-dealkylation sites (N-methyl/N-ethyl adjacent to an activating group) is 1. The maximum absolute atomic E-state index is 5.72. The molecule has 2 unspecified atom stereocenters. The Morgan fingerprint density at radius 1 is 1.27 bits per heavy atom. The third kappa shape index (κ3) is 7.77. The first-order valence-corrected chi connectivity index (χ1v) is 6.10. The highest BCUT2D eigenvalue weighted by atomic mass is 16.5. The number of unbranched alkanes of at least 4 members (excludes halogenated alkanes) is 1. The van der Waals surface area contributed by atoms with Crippen molar-refractivity contribution in [1.82, 2.24) is 4.90 Å². The fraction of sp³-hybridized carbons (Fsp3) is 1.00. The average Bonchev–Trinajstić information content (AvgIpc) is 2.17. The van der Waals surface area contributed by atoms with Gasteiger partial charge in [0.1, 0.15) is 0 Å². The minimum absolute atomic E-state index is 0.344. The summed E-state index contributed by atoms with van der Waals surface area (Å²) in [6, 6.07) is 0.867. The van der Waals surface area contributed by atoms with Crippen molar-refractivity contribution in [2.45, 2.75) is 52.1 Å². The van der Waals surface area contributed by atoms with Gasteiger partial charge in [0.15, 0.2) is 0 Å². The van der Waals surface area contributed by atoms with Gasteiger partial charge in [-0.3, -0.25) is 4.90 Å². The van der Waals surface area contributed by atoms with Crippen LogP contribution in [-0.4, -0.2) is 43.8 Å². The molecule has 0 rings (SSSR count). The fourth-order valence-corrected chi connectivity index (χ4v) is 1.82. The second-order valence-corrected chi connectivity index (χ2v) is 4.41. The van der Waals surface area contributed by atoms with Crippen LogP contribution in [0.5, 0.6) is 0 Å². The Morgan fingerprint density at radius 2 is 1.93 bits per heavy atom. The van der Waals surface area contributed by atoms with Gasteiger partial charge in [-0.1, -0.05) is 13.3 Å². The van der Waals surface area contributed by atoms with Crippen molar-refractivity contribution >= 4 is 0 Å². The van der Waals surface area contributed by atoms with Crippen LogP contribution in [0.3, 0.4) is 0 Å². The number of hydrogen-bond acceptors (Lipinski definition) is 3. The smallest absolute Gasteiger partial charge is 0.0615 e. The van der Waals surface area contributed by atoms with Gasteiger partial charge in [-0.15, -0.1) is 0 Å². The number of nitrogens with two attached hydrogens (primary N) is 1. The Hall–Kier alpha value is -0.120. The average molecular weight is 216 g/mol. The molecule has 2 atom stereocenters. The molecular formula is C12H28N2O. The maximum Gasteiger partial charge on any atom is 0.0615 e. The van der Waals surface area contributed by atoms with Gasteiger partial charge >= 0.3 is 0 Å². The lowest BCUT2D eigenvalue weighted by Gasteiger charge is -2.27. The molecule has 0 aliphatic rings. The minimum atomic E-state index is 0.344. The van der Waals surface area contributed by atoms with E-state index in [-0.39, 0.29) is 0 Å². The van der Waals surface area contributed by atoms with Crippen LogP contribution in [0.2, 0.25) is 0 Å². The van der Waals surface area contributed by atoms with Gasteiger partial charge in [0.2, 0.25) is 0 Å². The second kappa shape index (κ2) is 9.13. The number of ether oxygens (including phenoxy) is 1. The molecule has 0 aromatic carbocycles. The predicted molar refractivity (Wildman–Crippen MR) is 66.1 cm³/mol. The normalized spacial score (nSPS) is 15.6. The Balaban J connectivity index is 3.60. The first-order valence-electron chi connectivity index (χ1n) is 6.10. The summed E-state index contributed by atoms with van der Waals surface area (Å²) in [6.45, 7) is 9.58. The van der Waals surface area contributed by atoms with Crippen LogP contribution in [0.15, 0.2) is 0 Å². The zero-order chi connectivity index (χ0) is 11.7. The first kappa shape index (κ1) is 14.9. The molecule has 0 aromatic rings. The summed E-state index contributed by atoms with van der Waals surface area (Å²) in [7, 11) is 1.76. The molecule has 0 amide bonds. The van der Waals surface area contributed by atoms with Crippen LogP contribution in [0, 0.1) is 0 Å². The lowest BCUT2D eigenvalue weighted by atomic mass is 10.1. The van der Waals surface area contributed by atoms with Crippen molar-refractivity contribution in [1.29, 1.82) is 0 Å². The SMILES string of the molecule is CCN(CCCCC(C)N)C(C)COC. The van der Waals surface area contributed by atoms with Gasteiger partial charge in [-0.25, -0.2) is 0 Å². The molecule has 15 heavy (non-hydrogen) atoms. The summed E-state index contributed by atoms with van der Waals surface area (Å²) in [5.74, 6) is 0. The molecule has 0 radical (unpaired) electrons. The van der Waals surface area contributed by atoms with Crippen molar-refractivity contribution in [2.75, 3.05) is 26.8 Å². The van der Waals surface area contributed by atoms with E-state index >= 15 is 0 Å². The highest BCUT2D eigenvalue weighted by Gasteiger charge is 2.10. The molecule has 0 spiro atoms. The summed E-state index contributed by atoms with van der Waals surface area (Å²) in [4.78, 5) is 2.46. The number of hydrogen-bond donors (Lipinski definition) is 1. The molecular weight excluding hydrogens is 188 g/mol. The standard InChI is InChI=1S/C12H28N2O/c1-5-14(12(3)10-15-4)9-7-6-8-11(2)13/h11-12H,5-10,13H2,1-4H3. The predicted octanol–water partition coefficient (Wildman–Crippen LogP) is 1.86. The molecule has 0 saturated heterocycles. The highest BCUT2D eigenvalue weighted by Crippen LogP contribution is 2.04. The molecule has 3 nitrogen and oxygen atoms in total. The zero-order valence-corrected chi connectivity index (χ0v) is 10.8. The number of methoxy groups -OCH3 is 1.